The van der Waals surface area contributed by atoms with Gasteiger partial charge in [-0.25, -0.2) is 24.7 Å². The van der Waals surface area contributed by atoms with Crippen LogP contribution in [0.5, 0.6) is 0 Å². The molecule has 4 N–H and O–H groups in total. The Balaban J connectivity index is 0.734. The fourth-order valence-corrected chi connectivity index (χ4v) is 9.20. The van der Waals surface area contributed by atoms with Crippen molar-refractivity contribution in [2.75, 3.05) is 87.0 Å². The van der Waals surface area contributed by atoms with E-state index in [0.29, 0.717) is 88.6 Å². The molecule has 20 nitrogen and oxygen atoms in total. The smallest absolute Gasteiger partial charge is 0.379 e. The summed E-state index contributed by atoms with van der Waals surface area (Å²) < 4.78 is 12.0. The molecule has 0 saturated carbocycles. The van der Waals surface area contributed by atoms with Gasteiger partial charge in [-0.05, 0) is 84.9 Å². The fourth-order valence-electron chi connectivity index (χ4n) is 9.20. The van der Waals surface area contributed by atoms with E-state index in [1.807, 2.05) is 121 Å². The molecule has 20 heteroatoms. The molecule has 2 saturated heterocycles. The number of fused-ring (bicyclic) bond motifs is 4. The molecule has 0 unspecified atom stereocenters. The van der Waals surface area contributed by atoms with Crippen molar-refractivity contribution in [1.29, 1.82) is 0 Å². The Morgan fingerprint density at radius 3 is 1.55 bits per heavy atom. The number of amides is 2. The molecule has 0 aliphatic carbocycles. The lowest BCUT2D eigenvalue weighted by atomic mass is 10.1. The van der Waals surface area contributed by atoms with Crippen molar-refractivity contribution in [2.24, 2.45) is 0 Å². The van der Waals surface area contributed by atoms with Gasteiger partial charge in [0, 0.05) is 81.6 Å². The summed E-state index contributed by atoms with van der Waals surface area (Å²) >= 11 is 0. The SMILES string of the molecule is O=C(CN1CCOCC1)Nc1cccc(-c2nc(Nc3ccc4c(cnn4OC(=O)n4ncc5cc(Nc6nc(-c7cccc(NC(=O)CN8CCOCC8)c7)nc7ccccc67)ccc54)c3)c3ccccc3n2)c1. The minimum atomic E-state index is -0.760. The van der Waals surface area contributed by atoms with Crippen LogP contribution in [0, 0.1) is 0 Å². The maximum absolute atomic E-state index is 13.7. The highest BCUT2D eigenvalue weighted by molar-refractivity contribution is 5.97. The van der Waals surface area contributed by atoms with Crippen LogP contribution in [0.1, 0.15) is 0 Å². The van der Waals surface area contributed by atoms with Crippen LogP contribution < -0.4 is 26.1 Å². The monoisotopic (exact) mass is 1000 g/mol. The van der Waals surface area contributed by atoms with Gasteiger partial charge in [0.05, 0.1) is 68.5 Å². The first-order valence-electron chi connectivity index (χ1n) is 24.5. The molecule has 75 heavy (non-hydrogen) atoms. The summed E-state index contributed by atoms with van der Waals surface area (Å²) in [4.78, 5) is 70.3. The predicted molar refractivity (Wildman–Crippen MR) is 285 cm³/mol. The number of nitrogens with zero attached hydrogens (tertiary/aromatic N) is 10. The standard InChI is InChI=1S/C55H48N14O6/c70-49(33-66-19-23-73-24-20-66)58-39-9-5-7-35(27-39)51-62-45-13-3-1-11-43(45)53(64-51)60-41-15-17-47-37(29-41)31-56-68(47)55(72)75-69-48-18-16-42(30-38(48)32-57-69)61-54-44-12-2-4-14-46(44)63-52(65-54)36-8-6-10-40(28-36)59-50(71)34-67-21-25-74-26-22-67/h1-18,27-32H,19-26,33-34H2,(H,58,70)(H,59,71)(H,60,62,64)(H,61,63,65). The number of anilines is 6. The van der Waals surface area contributed by atoms with E-state index >= 15 is 0 Å². The van der Waals surface area contributed by atoms with Crippen molar-refractivity contribution in [3.05, 3.63) is 146 Å². The second kappa shape index (κ2) is 20.7. The van der Waals surface area contributed by atoms with Crippen LogP contribution in [0.25, 0.3) is 66.4 Å². The number of hydrogen-bond acceptors (Lipinski definition) is 16. The zero-order valence-corrected chi connectivity index (χ0v) is 40.3. The third kappa shape index (κ3) is 10.4. The number of aromatic nitrogens is 8. The number of para-hydroxylation sites is 2. The number of nitrogens with one attached hydrogen (secondary N) is 4. The highest BCUT2D eigenvalue weighted by atomic mass is 16.7. The lowest BCUT2D eigenvalue weighted by molar-refractivity contribution is -0.119. The first-order chi connectivity index (χ1) is 36.8. The summed E-state index contributed by atoms with van der Waals surface area (Å²) in [6, 6.07) is 41.5. The zero-order chi connectivity index (χ0) is 50.7. The number of carbonyl (C=O) groups is 3. The average molecular weight is 1000 g/mol. The number of morpholine rings is 2. The number of carbonyl (C=O) groups excluding carboxylic acids is 3. The molecule has 0 atom stereocenters. The van der Waals surface area contributed by atoms with Gasteiger partial charge in [-0.2, -0.15) is 9.78 Å². The molecule has 2 fully saturated rings. The Bertz CT molecular complexity index is 3790. The molecule has 0 radical (unpaired) electrons. The van der Waals surface area contributed by atoms with E-state index in [9.17, 15) is 14.4 Å². The summed E-state index contributed by atoms with van der Waals surface area (Å²) in [5, 5.41) is 24.7. The number of rotatable bonds is 13. The Labute approximate surface area is 428 Å². The Hall–Kier alpha value is -9.21. The zero-order valence-electron chi connectivity index (χ0n) is 40.3. The van der Waals surface area contributed by atoms with E-state index in [1.54, 1.807) is 24.5 Å². The largest absolute Gasteiger partial charge is 0.461 e. The van der Waals surface area contributed by atoms with E-state index < -0.39 is 6.09 Å². The highest BCUT2D eigenvalue weighted by Crippen LogP contribution is 2.32. The van der Waals surface area contributed by atoms with Crippen molar-refractivity contribution >= 4 is 95.9 Å². The molecule has 374 valence electrons. The van der Waals surface area contributed by atoms with Gasteiger partial charge in [0.2, 0.25) is 11.8 Å². The van der Waals surface area contributed by atoms with Gasteiger partial charge in [0.25, 0.3) is 0 Å². The van der Waals surface area contributed by atoms with Gasteiger partial charge in [-0.15, -0.1) is 5.10 Å². The Morgan fingerprint density at radius 2 is 1.00 bits per heavy atom. The summed E-state index contributed by atoms with van der Waals surface area (Å²) in [6.07, 6.45) is 2.44. The lowest BCUT2D eigenvalue weighted by Crippen LogP contribution is -2.41. The molecule has 6 aromatic carbocycles. The van der Waals surface area contributed by atoms with E-state index in [-0.39, 0.29) is 24.9 Å². The second-order valence-corrected chi connectivity index (χ2v) is 18.1. The van der Waals surface area contributed by atoms with Crippen LogP contribution in [-0.2, 0) is 19.1 Å². The Morgan fingerprint density at radius 1 is 0.507 bits per heavy atom. The summed E-state index contributed by atoms with van der Waals surface area (Å²) in [6.45, 7) is 5.91. The van der Waals surface area contributed by atoms with Gasteiger partial charge in [-0.1, -0.05) is 53.4 Å². The quantitative estimate of drug-likeness (QED) is 0.0868. The minimum Gasteiger partial charge on any atom is -0.379 e. The van der Waals surface area contributed by atoms with Gasteiger partial charge >= 0.3 is 6.09 Å². The summed E-state index contributed by atoms with van der Waals surface area (Å²) in [7, 11) is 0. The number of hydrogen-bond donors (Lipinski definition) is 4. The van der Waals surface area contributed by atoms with Crippen molar-refractivity contribution in [2.45, 2.75) is 0 Å². The van der Waals surface area contributed by atoms with Crippen molar-refractivity contribution < 1.29 is 28.7 Å². The highest BCUT2D eigenvalue weighted by Gasteiger charge is 2.20. The third-order valence-corrected chi connectivity index (χ3v) is 12.9. The maximum Gasteiger partial charge on any atom is 0.461 e. The molecule has 2 aliphatic heterocycles. The molecule has 2 amide bonds. The minimum absolute atomic E-state index is 0.101. The van der Waals surface area contributed by atoms with Crippen LogP contribution in [0.4, 0.5) is 39.2 Å². The molecular formula is C55H48N14O6. The molecule has 0 spiro atoms. The van der Waals surface area contributed by atoms with Gasteiger partial charge in [0.1, 0.15) is 17.2 Å². The molecule has 12 rings (SSSR count). The Kier molecular flexibility index (Phi) is 12.9. The average Bonchev–Trinajstić information content (AvgIpc) is 4.06. The van der Waals surface area contributed by atoms with Crippen molar-refractivity contribution in [1.82, 2.24) is 49.5 Å². The molecule has 10 aromatic rings. The summed E-state index contributed by atoms with van der Waals surface area (Å²) in [5.41, 5.74) is 6.73. The van der Waals surface area contributed by atoms with Crippen molar-refractivity contribution in [3.63, 3.8) is 0 Å². The predicted octanol–water partition coefficient (Wildman–Crippen LogP) is 7.73. The van der Waals surface area contributed by atoms with E-state index in [2.05, 4.69) is 41.3 Å². The number of ether oxygens (including phenoxy) is 2. The van der Waals surface area contributed by atoms with Crippen LogP contribution in [0.3, 0.4) is 0 Å². The third-order valence-electron chi connectivity index (χ3n) is 12.9. The first kappa shape index (κ1) is 46.8. The van der Waals surface area contributed by atoms with E-state index in [4.69, 9.17) is 34.2 Å². The fraction of sp³-hybridized carbons (Fsp3) is 0.182. The second-order valence-electron chi connectivity index (χ2n) is 18.1. The molecule has 6 heterocycles. The van der Waals surface area contributed by atoms with Crippen LogP contribution in [-0.4, -0.2) is 133 Å². The van der Waals surface area contributed by atoms with Gasteiger partial charge < -0.3 is 30.7 Å². The van der Waals surface area contributed by atoms with Gasteiger partial charge in [0.15, 0.2) is 11.6 Å². The first-order valence-corrected chi connectivity index (χ1v) is 24.5. The van der Waals surface area contributed by atoms with Crippen LogP contribution in [0.15, 0.2) is 146 Å². The van der Waals surface area contributed by atoms with Crippen molar-refractivity contribution in [3.8, 4) is 22.8 Å². The molecular weight excluding hydrogens is 953 g/mol. The van der Waals surface area contributed by atoms with Gasteiger partial charge in [-0.3, -0.25) is 24.2 Å². The van der Waals surface area contributed by atoms with Crippen LogP contribution >= 0.6 is 0 Å². The topological polar surface area (TPSA) is 221 Å². The van der Waals surface area contributed by atoms with Crippen LogP contribution in [0.2, 0.25) is 0 Å². The van der Waals surface area contributed by atoms with E-state index in [1.165, 1.54) is 9.53 Å². The summed E-state index contributed by atoms with van der Waals surface area (Å²) in [5.74, 6) is 1.92. The molecule has 4 aromatic heterocycles. The molecule has 2 aliphatic rings. The number of benzene rings is 6. The maximum atomic E-state index is 13.7. The van der Waals surface area contributed by atoms with E-state index in [0.717, 1.165) is 64.8 Å². The molecule has 0 bridgehead atoms. The normalized spacial score (nSPS) is 14.3. The lowest BCUT2D eigenvalue weighted by Gasteiger charge is -2.25.